The van der Waals surface area contributed by atoms with E-state index in [1.54, 1.807) is 0 Å². The van der Waals surface area contributed by atoms with Gasteiger partial charge in [-0.2, -0.15) is 0 Å². The number of furan rings is 1. The maximum atomic E-state index is 5.74. The second-order valence-corrected chi connectivity index (χ2v) is 4.88. The van der Waals surface area contributed by atoms with Crippen LogP contribution in [-0.2, 0) is 0 Å². The Bertz CT molecular complexity index is 500. The average molecular weight is 230 g/mol. The summed E-state index contributed by atoms with van der Waals surface area (Å²) >= 11 is 0. The number of hydrazine groups is 1. The monoisotopic (exact) mass is 230 g/mol. The Kier molecular flexibility index (Phi) is 2.87. The van der Waals surface area contributed by atoms with Crippen LogP contribution in [0.5, 0.6) is 0 Å². The van der Waals surface area contributed by atoms with E-state index in [9.17, 15) is 0 Å². The van der Waals surface area contributed by atoms with E-state index in [0.717, 1.165) is 5.58 Å². The molecule has 1 saturated carbocycles. The standard InChI is InChI=1S/C14H18N2O/c15-16-14(10-5-1-2-6-10)12-9-17-13-8-4-3-7-11(12)13/h3-4,7-10,14,16H,1-2,5-6,15H2. The largest absolute Gasteiger partial charge is 0.464 e. The maximum Gasteiger partial charge on any atom is 0.134 e. The quantitative estimate of drug-likeness (QED) is 0.629. The molecular formula is C14H18N2O. The third kappa shape index (κ3) is 1.85. The lowest BCUT2D eigenvalue weighted by atomic mass is 9.92. The van der Waals surface area contributed by atoms with Gasteiger partial charge in [-0.05, 0) is 24.8 Å². The van der Waals surface area contributed by atoms with Crippen molar-refractivity contribution >= 4 is 11.0 Å². The van der Waals surface area contributed by atoms with Crippen molar-refractivity contribution in [2.24, 2.45) is 11.8 Å². The van der Waals surface area contributed by atoms with Gasteiger partial charge in [0, 0.05) is 10.9 Å². The number of nitrogens with two attached hydrogens (primary N) is 1. The maximum absolute atomic E-state index is 5.74. The number of para-hydroxylation sites is 1. The van der Waals surface area contributed by atoms with Crippen molar-refractivity contribution in [3.63, 3.8) is 0 Å². The molecule has 3 nitrogen and oxygen atoms in total. The van der Waals surface area contributed by atoms with Crippen molar-refractivity contribution in [3.05, 3.63) is 36.1 Å². The Morgan fingerprint density at radius 2 is 2.00 bits per heavy atom. The van der Waals surface area contributed by atoms with Gasteiger partial charge in [-0.1, -0.05) is 31.0 Å². The zero-order valence-electron chi connectivity index (χ0n) is 9.86. The summed E-state index contributed by atoms with van der Waals surface area (Å²) in [6.07, 6.45) is 7.01. The number of hydrogen-bond acceptors (Lipinski definition) is 3. The molecule has 3 rings (SSSR count). The van der Waals surface area contributed by atoms with E-state index in [1.807, 2.05) is 24.5 Å². The zero-order chi connectivity index (χ0) is 11.7. The molecule has 1 aromatic heterocycles. The van der Waals surface area contributed by atoms with Gasteiger partial charge in [0.1, 0.15) is 5.58 Å². The molecule has 1 heterocycles. The Balaban J connectivity index is 2.00. The number of nitrogens with one attached hydrogen (secondary N) is 1. The molecule has 3 N–H and O–H groups in total. The highest BCUT2D eigenvalue weighted by Crippen LogP contribution is 2.38. The van der Waals surface area contributed by atoms with Crippen LogP contribution in [0.25, 0.3) is 11.0 Å². The van der Waals surface area contributed by atoms with Crippen molar-refractivity contribution in [2.75, 3.05) is 0 Å². The van der Waals surface area contributed by atoms with Gasteiger partial charge in [0.25, 0.3) is 0 Å². The van der Waals surface area contributed by atoms with Gasteiger partial charge in [-0.25, -0.2) is 0 Å². The van der Waals surface area contributed by atoms with Gasteiger partial charge >= 0.3 is 0 Å². The number of benzene rings is 1. The minimum absolute atomic E-state index is 0.223. The van der Waals surface area contributed by atoms with Crippen LogP contribution in [0.4, 0.5) is 0 Å². The van der Waals surface area contributed by atoms with E-state index in [-0.39, 0.29) is 6.04 Å². The lowest BCUT2D eigenvalue weighted by molar-refractivity contribution is 0.372. The fourth-order valence-corrected chi connectivity index (χ4v) is 3.01. The first-order chi connectivity index (χ1) is 8.40. The van der Waals surface area contributed by atoms with Crippen LogP contribution in [0.3, 0.4) is 0 Å². The molecule has 3 heteroatoms. The Labute approximate surface area is 101 Å². The Hall–Kier alpha value is -1.32. The smallest absolute Gasteiger partial charge is 0.134 e. The molecule has 1 aliphatic rings. The summed E-state index contributed by atoms with van der Waals surface area (Å²) in [7, 11) is 0. The summed E-state index contributed by atoms with van der Waals surface area (Å²) in [6, 6.07) is 8.37. The molecule has 17 heavy (non-hydrogen) atoms. The van der Waals surface area contributed by atoms with Crippen LogP contribution in [0, 0.1) is 5.92 Å². The van der Waals surface area contributed by atoms with Crippen molar-refractivity contribution in [2.45, 2.75) is 31.7 Å². The molecule has 1 aromatic carbocycles. The van der Waals surface area contributed by atoms with Crippen molar-refractivity contribution in [1.82, 2.24) is 5.43 Å². The van der Waals surface area contributed by atoms with Crippen LogP contribution in [-0.4, -0.2) is 0 Å². The molecule has 0 bridgehead atoms. The van der Waals surface area contributed by atoms with Crippen LogP contribution >= 0.6 is 0 Å². The SMILES string of the molecule is NNC(c1coc2ccccc12)C1CCCC1. The molecule has 1 fully saturated rings. The van der Waals surface area contributed by atoms with Crippen LogP contribution < -0.4 is 11.3 Å². The summed E-state index contributed by atoms with van der Waals surface area (Å²) in [5, 5.41) is 1.18. The van der Waals surface area contributed by atoms with Gasteiger partial charge in [0.2, 0.25) is 0 Å². The second kappa shape index (κ2) is 4.51. The Morgan fingerprint density at radius 3 is 2.76 bits per heavy atom. The van der Waals surface area contributed by atoms with Gasteiger partial charge < -0.3 is 4.42 Å². The van der Waals surface area contributed by atoms with Gasteiger partial charge in [-0.15, -0.1) is 0 Å². The lowest BCUT2D eigenvalue weighted by Gasteiger charge is -2.21. The predicted octanol–water partition coefficient (Wildman–Crippen LogP) is 3.13. The molecule has 1 aliphatic carbocycles. The summed E-state index contributed by atoms with van der Waals surface area (Å²) < 4.78 is 5.60. The molecule has 2 aromatic rings. The summed E-state index contributed by atoms with van der Waals surface area (Å²) in [5.74, 6) is 6.38. The lowest BCUT2D eigenvalue weighted by Crippen LogP contribution is -2.32. The summed E-state index contributed by atoms with van der Waals surface area (Å²) in [5.41, 5.74) is 5.13. The molecule has 0 amide bonds. The normalized spacial score (nSPS) is 18.9. The topological polar surface area (TPSA) is 51.2 Å². The number of rotatable bonds is 3. The Morgan fingerprint density at radius 1 is 1.24 bits per heavy atom. The van der Waals surface area contributed by atoms with E-state index in [4.69, 9.17) is 10.3 Å². The second-order valence-electron chi connectivity index (χ2n) is 4.88. The molecule has 0 saturated heterocycles. The highest BCUT2D eigenvalue weighted by atomic mass is 16.3. The van der Waals surface area contributed by atoms with E-state index in [1.165, 1.54) is 36.6 Å². The highest BCUT2D eigenvalue weighted by molar-refractivity contribution is 5.81. The molecule has 1 unspecified atom stereocenters. The fraction of sp³-hybridized carbons (Fsp3) is 0.429. The third-order valence-corrected chi connectivity index (χ3v) is 3.90. The van der Waals surface area contributed by atoms with Crippen molar-refractivity contribution in [1.29, 1.82) is 0 Å². The number of hydrogen-bond donors (Lipinski definition) is 2. The highest BCUT2D eigenvalue weighted by Gasteiger charge is 2.27. The summed E-state index contributed by atoms with van der Waals surface area (Å²) in [6.45, 7) is 0. The average Bonchev–Trinajstić information content (AvgIpc) is 3.01. The number of fused-ring (bicyclic) bond motifs is 1. The molecule has 0 radical (unpaired) electrons. The van der Waals surface area contributed by atoms with Crippen molar-refractivity contribution in [3.8, 4) is 0 Å². The molecule has 0 aliphatic heterocycles. The zero-order valence-corrected chi connectivity index (χ0v) is 9.86. The minimum Gasteiger partial charge on any atom is -0.464 e. The van der Waals surface area contributed by atoms with E-state index < -0.39 is 0 Å². The van der Waals surface area contributed by atoms with Crippen molar-refractivity contribution < 1.29 is 4.42 Å². The van der Waals surface area contributed by atoms with Crippen LogP contribution in [0.1, 0.15) is 37.3 Å². The molecular weight excluding hydrogens is 212 g/mol. The van der Waals surface area contributed by atoms with Gasteiger partial charge in [-0.3, -0.25) is 11.3 Å². The van der Waals surface area contributed by atoms with Gasteiger partial charge in [0.05, 0.1) is 12.3 Å². The fourth-order valence-electron chi connectivity index (χ4n) is 3.01. The van der Waals surface area contributed by atoms with Crippen LogP contribution in [0.2, 0.25) is 0 Å². The molecule has 0 spiro atoms. The van der Waals surface area contributed by atoms with Gasteiger partial charge in [0.15, 0.2) is 0 Å². The van der Waals surface area contributed by atoms with Crippen LogP contribution in [0.15, 0.2) is 34.9 Å². The van der Waals surface area contributed by atoms with E-state index in [0.29, 0.717) is 5.92 Å². The first-order valence-electron chi connectivity index (χ1n) is 6.32. The molecule has 90 valence electrons. The third-order valence-electron chi connectivity index (χ3n) is 3.90. The predicted molar refractivity (Wildman–Crippen MR) is 68.2 cm³/mol. The molecule has 1 atom stereocenters. The first kappa shape index (κ1) is 10.8. The van der Waals surface area contributed by atoms with E-state index >= 15 is 0 Å². The first-order valence-corrected chi connectivity index (χ1v) is 6.32. The summed E-state index contributed by atoms with van der Waals surface area (Å²) in [4.78, 5) is 0. The van der Waals surface area contributed by atoms with E-state index in [2.05, 4.69) is 11.5 Å². The minimum atomic E-state index is 0.223.